The average Bonchev–Trinajstić information content (AvgIpc) is 2.69. The summed E-state index contributed by atoms with van der Waals surface area (Å²) < 4.78 is 24.9. The standard InChI is InChI=1S/C18H21N5O2S/c19-12-15-3-1-5-17(11-15)26(24,25)10-8-21-16-4-2-9-23(14-16)18-13-20-6-7-22-18/h1,3,5-7,11,13,16,21H,2,4,8-10,14H2. The van der Waals surface area contributed by atoms with Crippen LogP contribution in [0, 0.1) is 11.3 Å². The number of nitrogens with zero attached hydrogens (tertiary/aromatic N) is 4. The van der Waals surface area contributed by atoms with Gasteiger partial charge in [0.2, 0.25) is 0 Å². The topological polar surface area (TPSA) is 99.0 Å². The fraction of sp³-hybridized carbons (Fsp3) is 0.389. The fourth-order valence-corrected chi connectivity index (χ4v) is 4.30. The van der Waals surface area contributed by atoms with Gasteiger partial charge in [0, 0.05) is 38.1 Å². The molecule has 7 nitrogen and oxygen atoms in total. The highest BCUT2D eigenvalue weighted by molar-refractivity contribution is 7.91. The molecule has 1 unspecified atom stereocenters. The van der Waals surface area contributed by atoms with Crippen molar-refractivity contribution in [1.29, 1.82) is 5.26 Å². The van der Waals surface area contributed by atoms with E-state index in [4.69, 9.17) is 5.26 Å². The number of sulfone groups is 1. The molecule has 0 radical (unpaired) electrons. The molecule has 2 heterocycles. The van der Waals surface area contributed by atoms with Crippen LogP contribution in [-0.2, 0) is 9.84 Å². The molecular formula is C18H21N5O2S. The van der Waals surface area contributed by atoms with Crippen molar-refractivity contribution in [3.05, 3.63) is 48.4 Å². The van der Waals surface area contributed by atoms with E-state index in [0.29, 0.717) is 12.1 Å². The Kier molecular flexibility index (Phi) is 5.81. The quantitative estimate of drug-likeness (QED) is 0.819. The van der Waals surface area contributed by atoms with E-state index in [1.54, 1.807) is 30.7 Å². The van der Waals surface area contributed by atoms with Gasteiger partial charge in [0.1, 0.15) is 5.82 Å². The second kappa shape index (κ2) is 8.25. The number of piperidine rings is 1. The first-order valence-corrected chi connectivity index (χ1v) is 10.2. The smallest absolute Gasteiger partial charge is 0.179 e. The Morgan fingerprint density at radius 3 is 3.00 bits per heavy atom. The van der Waals surface area contributed by atoms with Crippen LogP contribution in [0.1, 0.15) is 18.4 Å². The summed E-state index contributed by atoms with van der Waals surface area (Å²) in [5.74, 6) is 0.851. The number of aromatic nitrogens is 2. The number of nitrogens with one attached hydrogen (secondary N) is 1. The summed E-state index contributed by atoms with van der Waals surface area (Å²) in [6.07, 6.45) is 7.09. The number of nitriles is 1. The number of anilines is 1. The van der Waals surface area contributed by atoms with Crippen LogP contribution in [0.15, 0.2) is 47.8 Å². The minimum absolute atomic E-state index is 0.00350. The Labute approximate surface area is 153 Å². The summed E-state index contributed by atoms with van der Waals surface area (Å²) in [5, 5.41) is 12.3. The van der Waals surface area contributed by atoms with Gasteiger partial charge in [-0.1, -0.05) is 6.07 Å². The lowest BCUT2D eigenvalue weighted by atomic mass is 10.1. The Hall–Kier alpha value is -2.50. The number of hydrogen-bond acceptors (Lipinski definition) is 7. The molecule has 2 aromatic rings. The van der Waals surface area contributed by atoms with Gasteiger partial charge in [-0.2, -0.15) is 5.26 Å². The Morgan fingerprint density at radius 1 is 1.35 bits per heavy atom. The maximum absolute atomic E-state index is 12.4. The molecule has 1 atom stereocenters. The molecule has 26 heavy (non-hydrogen) atoms. The third kappa shape index (κ3) is 4.56. The number of rotatable bonds is 6. The van der Waals surface area contributed by atoms with E-state index < -0.39 is 9.84 Å². The summed E-state index contributed by atoms with van der Waals surface area (Å²) in [5.41, 5.74) is 0.353. The van der Waals surface area contributed by atoms with Crippen LogP contribution in [0.5, 0.6) is 0 Å². The maximum atomic E-state index is 12.4. The van der Waals surface area contributed by atoms with Crippen molar-refractivity contribution >= 4 is 15.7 Å². The third-order valence-electron chi connectivity index (χ3n) is 4.42. The zero-order valence-electron chi connectivity index (χ0n) is 14.4. The summed E-state index contributed by atoms with van der Waals surface area (Å²) >= 11 is 0. The Balaban J connectivity index is 1.55. The molecule has 1 aliphatic heterocycles. The van der Waals surface area contributed by atoms with Gasteiger partial charge in [-0.3, -0.25) is 4.98 Å². The molecule has 1 aliphatic rings. The minimum atomic E-state index is -3.41. The van der Waals surface area contributed by atoms with Gasteiger partial charge in [0.15, 0.2) is 9.84 Å². The van der Waals surface area contributed by atoms with Gasteiger partial charge in [-0.25, -0.2) is 13.4 Å². The van der Waals surface area contributed by atoms with Crippen LogP contribution in [0.4, 0.5) is 5.82 Å². The molecular weight excluding hydrogens is 350 g/mol. The molecule has 0 amide bonds. The van der Waals surface area contributed by atoms with Gasteiger partial charge in [0.05, 0.1) is 28.5 Å². The van der Waals surface area contributed by atoms with E-state index in [2.05, 4.69) is 20.2 Å². The molecule has 0 spiro atoms. The SMILES string of the molecule is N#Cc1cccc(S(=O)(=O)CCNC2CCCN(c3cnccn3)C2)c1. The van der Waals surface area contributed by atoms with Crippen molar-refractivity contribution in [2.24, 2.45) is 0 Å². The normalized spacial score (nSPS) is 17.7. The van der Waals surface area contributed by atoms with Crippen molar-refractivity contribution in [2.45, 2.75) is 23.8 Å². The summed E-state index contributed by atoms with van der Waals surface area (Å²) in [6.45, 7) is 2.08. The van der Waals surface area contributed by atoms with Crippen molar-refractivity contribution in [2.75, 3.05) is 30.3 Å². The van der Waals surface area contributed by atoms with Gasteiger partial charge >= 0.3 is 0 Å². The third-order valence-corrected chi connectivity index (χ3v) is 6.13. The van der Waals surface area contributed by atoms with Crippen LogP contribution >= 0.6 is 0 Å². The van der Waals surface area contributed by atoms with Crippen LogP contribution in [-0.4, -0.2) is 49.8 Å². The molecule has 0 saturated carbocycles. The average molecular weight is 371 g/mol. The number of hydrogen-bond donors (Lipinski definition) is 1. The predicted octanol–water partition coefficient (Wildman–Crippen LogP) is 1.38. The number of benzene rings is 1. The molecule has 1 N–H and O–H groups in total. The predicted molar refractivity (Wildman–Crippen MR) is 98.5 cm³/mol. The van der Waals surface area contributed by atoms with Crippen molar-refractivity contribution in [1.82, 2.24) is 15.3 Å². The van der Waals surface area contributed by atoms with Gasteiger partial charge in [0.25, 0.3) is 0 Å². The first-order chi connectivity index (χ1) is 12.6. The van der Waals surface area contributed by atoms with Crippen molar-refractivity contribution in [3.63, 3.8) is 0 Å². The molecule has 0 aliphatic carbocycles. The van der Waals surface area contributed by atoms with Crippen LogP contribution in [0.2, 0.25) is 0 Å². The summed E-state index contributed by atoms with van der Waals surface area (Å²) in [6, 6.07) is 8.34. The van der Waals surface area contributed by atoms with Crippen molar-refractivity contribution < 1.29 is 8.42 Å². The first kappa shape index (κ1) is 18.3. The molecule has 8 heteroatoms. The second-order valence-corrected chi connectivity index (χ2v) is 8.37. The van der Waals surface area contributed by atoms with Crippen LogP contribution in [0.25, 0.3) is 0 Å². The lowest BCUT2D eigenvalue weighted by Crippen LogP contribution is -2.47. The largest absolute Gasteiger partial charge is 0.354 e. The van der Waals surface area contributed by atoms with E-state index in [0.717, 1.165) is 31.7 Å². The lowest BCUT2D eigenvalue weighted by molar-refractivity contribution is 0.429. The Morgan fingerprint density at radius 2 is 2.23 bits per heavy atom. The first-order valence-electron chi connectivity index (χ1n) is 8.56. The second-order valence-electron chi connectivity index (χ2n) is 6.26. The maximum Gasteiger partial charge on any atom is 0.179 e. The highest BCUT2D eigenvalue weighted by atomic mass is 32.2. The monoisotopic (exact) mass is 371 g/mol. The minimum Gasteiger partial charge on any atom is -0.354 e. The van der Waals surface area contributed by atoms with Gasteiger partial charge in [-0.15, -0.1) is 0 Å². The summed E-state index contributed by atoms with van der Waals surface area (Å²) in [4.78, 5) is 10.8. The van der Waals surface area contributed by atoms with E-state index in [9.17, 15) is 8.42 Å². The van der Waals surface area contributed by atoms with E-state index in [1.807, 2.05) is 6.07 Å². The highest BCUT2D eigenvalue weighted by Crippen LogP contribution is 2.17. The zero-order chi connectivity index (χ0) is 18.4. The zero-order valence-corrected chi connectivity index (χ0v) is 15.2. The Bertz CT molecular complexity index is 880. The molecule has 136 valence electrons. The molecule has 0 bridgehead atoms. The lowest BCUT2D eigenvalue weighted by Gasteiger charge is -2.33. The van der Waals surface area contributed by atoms with E-state index in [1.165, 1.54) is 12.1 Å². The van der Waals surface area contributed by atoms with E-state index >= 15 is 0 Å². The van der Waals surface area contributed by atoms with Crippen molar-refractivity contribution in [3.8, 4) is 6.07 Å². The van der Waals surface area contributed by atoms with Gasteiger partial charge < -0.3 is 10.2 Å². The molecule has 1 saturated heterocycles. The molecule has 3 rings (SSSR count). The highest BCUT2D eigenvalue weighted by Gasteiger charge is 2.22. The van der Waals surface area contributed by atoms with Crippen LogP contribution < -0.4 is 10.2 Å². The van der Waals surface area contributed by atoms with E-state index in [-0.39, 0.29) is 16.7 Å². The fourth-order valence-electron chi connectivity index (χ4n) is 3.08. The van der Waals surface area contributed by atoms with Crippen LogP contribution in [0.3, 0.4) is 0 Å². The van der Waals surface area contributed by atoms with Gasteiger partial charge in [-0.05, 0) is 31.0 Å². The molecule has 1 aromatic heterocycles. The summed E-state index contributed by atoms with van der Waals surface area (Å²) in [7, 11) is -3.41. The molecule has 1 fully saturated rings. The molecule has 1 aromatic carbocycles.